The minimum absolute atomic E-state index is 0.248. The Hall–Kier alpha value is -2.49. The molecule has 3 N–H and O–H groups in total. The highest BCUT2D eigenvalue weighted by atomic mass is 16.3. The second-order valence-corrected chi connectivity index (χ2v) is 4.03. The lowest BCUT2D eigenvalue weighted by Crippen LogP contribution is -2.11. The standard InChI is InChI=1S/C14H13NO3/c1-9-3-2-4-11(7-9)15-14(18)10-5-6-12(16)13(17)8-10/h2-8,16-17H,1H3,(H,15,18). The first-order valence-electron chi connectivity index (χ1n) is 5.46. The number of hydrogen-bond acceptors (Lipinski definition) is 3. The first-order chi connectivity index (χ1) is 8.56. The molecule has 0 atom stereocenters. The summed E-state index contributed by atoms with van der Waals surface area (Å²) >= 11 is 0. The summed E-state index contributed by atoms with van der Waals surface area (Å²) in [6.07, 6.45) is 0. The SMILES string of the molecule is Cc1cccc(NC(=O)c2ccc(O)c(O)c2)c1. The van der Waals surface area contributed by atoms with Crippen molar-refractivity contribution in [1.29, 1.82) is 0 Å². The van der Waals surface area contributed by atoms with Crippen LogP contribution < -0.4 is 5.32 Å². The van der Waals surface area contributed by atoms with E-state index in [2.05, 4.69) is 5.32 Å². The molecular formula is C14H13NO3. The van der Waals surface area contributed by atoms with Crippen LogP contribution in [0.4, 0.5) is 5.69 Å². The molecule has 0 aliphatic rings. The van der Waals surface area contributed by atoms with E-state index in [0.29, 0.717) is 5.69 Å². The van der Waals surface area contributed by atoms with Crippen LogP contribution in [0, 0.1) is 6.92 Å². The molecule has 0 aliphatic heterocycles. The molecule has 4 heteroatoms. The fraction of sp³-hybridized carbons (Fsp3) is 0.0714. The maximum Gasteiger partial charge on any atom is 0.255 e. The van der Waals surface area contributed by atoms with Crippen molar-refractivity contribution in [3.05, 3.63) is 53.6 Å². The fourth-order valence-corrected chi connectivity index (χ4v) is 1.59. The molecule has 2 aromatic carbocycles. The van der Waals surface area contributed by atoms with Crippen molar-refractivity contribution in [2.45, 2.75) is 6.92 Å². The highest BCUT2D eigenvalue weighted by Crippen LogP contribution is 2.25. The van der Waals surface area contributed by atoms with Gasteiger partial charge in [0.2, 0.25) is 0 Å². The van der Waals surface area contributed by atoms with Crippen molar-refractivity contribution in [1.82, 2.24) is 0 Å². The number of carbonyl (C=O) groups excluding carboxylic acids is 1. The van der Waals surface area contributed by atoms with E-state index >= 15 is 0 Å². The number of carbonyl (C=O) groups is 1. The third kappa shape index (κ3) is 2.60. The number of aromatic hydroxyl groups is 2. The average molecular weight is 243 g/mol. The minimum atomic E-state index is -0.337. The van der Waals surface area contributed by atoms with Crippen LogP contribution in [-0.2, 0) is 0 Å². The number of hydrogen-bond donors (Lipinski definition) is 3. The van der Waals surface area contributed by atoms with Crippen LogP contribution in [0.15, 0.2) is 42.5 Å². The van der Waals surface area contributed by atoms with Gasteiger partial charge in [0.25, 0.3) is 5.91 Å². The lowest BCUT2D eigenvalue weighted by atomic mass is 10.1. The van der Waals surface area contributed by atoms with Gasteiger partial charge in [0.1, 0.15) is 0 Å². The summed E-state index contributed by atoms with van der Waals surface area (Å²) in [7, 11) is 0. The maximum absolute atomic E-state index is 11.9. The number of phenolic OH excluding ortho intramolecular Hbond substituents is 2. The van der Waals surface area contributed by atoms with Gasteiger partial charge >= 0.3 is 0 Å². The van der Waals surface area contributed by atoms with Crippen LogP contribution in [0.1, 0.15) is 15.9 Å². The molecule has 0 saturated carbocycles. The molecule has 2 aromatic rings. The number of aryl methyl sites for hydroxylation is 1. The summed E-state index contributed by atoms with van der Waals surface area (Å²) in [5.41, 5.74) is 2.01. The van der Waals surface area contributed by atoms with Crippen LogP contribution in [0.2, 0.25) is 0 Å². The Labute approximate surface area is 105 Å². The molecule has 0 fully saturated rings. The van der Waals surface area contributed by atoms with Gasteiger partial charge in [-0.1, -0.05) is 12.1 Å². The van der Waals surface area contributed by atoms with Gasteiger partial charge in [-0.05, 0) is 42.8 Å². The number of benzene rings is 2. The Kier molecular flexibility index (Phi) is 3.19. The van der Waals surface area contributed by atoms with Crippen LogP contribution in [0.25, 0.3) is 0 Å². The van der Waals surface area contributed by atoms with Crippen LogP contribution in [0.5, 0.6) is 11.5 Å². The van der Waals surface area contributed by atoms with E-state index in [1.54, 1.807) is 6.07 Å². The van der Waals surface area contributed by atoms with Gasteiger partial charge in [0.15, 0.2) is 11.5 Å². The molecule has 0 radical (unpaired) electrons. The average Bonchev–Trinajstić information content (AvgIpc) is 2.32. The molecular weight excluding hydrogens is 230 g/mol. The molecule has 0 saturated heterocycles. The van der Waals surface area contributed by atoms with Gasteiger partial charge in [0, 0.05) is 11.3 Å². The quantitative estimate of drug-likeness (QED) is 0.710. The molecule has 0 aliphatic carbocycles. The molecule has 1 amide bonds. The van der Waals surface area contributed by atoms with E-state index in [-0.39, 0.29) is 23.0 Å². The van der Waals surface area contributed by atoms with Gasteiger partial charge in [0.05, 0.1) is 0 Å². The van der Waals surface area contributed by atoms with Gasteiger partial charge in [-0.15, -0.1) is 0 Å². The van der Waals surface area contributed by atoms with E-state index in [9.17, 15) is 9.90 Å². The van der Waals surface area contributed by atoms with Crippen molar-refractivity contribution in [2.75, 3.05) is 5.32 Å². The Bertz CT molecular complexity index is 593. The molecule has 0 aromatic heterocycles. The smallest absolute Gasteiger partial charge is 0.255 e. The summed E-state index contributed by atoms with van der Waals surface area (Å²) in [6.45, 7) is 1.93. The summed E-state index contributed by atoms with van der Waals surface area (Å²) in [5, 5.41) is 21.2. The van der Waals surface area contributed by atoms with Crippen molar-refractivity contribution >= 4 is 11.6 Å². The van der Waals surface area contributed by atoms with Crippen LogP contribution >= 0.6 is 0 Å². The minimum Gasteiger partial charge on any atom is -0.504 e. The number of nitrogens with one attached hydrogen (secondary N) is 1. The Morgan fingerprint density at radius 1 is 1.06 bits per heavy atom. The summed E-state index contributed by atoms with van der Waals surface area (Å²) in [4.78, 5) is 11.9. The predicted octanol–water partition coefficient (Wildman–Crippen LogP) is 2.66. The van der Waals surface area contributed by atoms with Gasteiger partial charge in [-0.2, -0.15) is 0 Å². The van der Waals surface area contributed by atoms with E-state index in [1.807, 2.05) is 25.1 Å². The number of rotatable bonds is 2. The van der Waals surface area contributed by atoms with E-state index in [4.69, 9.17) is 5.11 Å². The van der Waals surface area contributed by atoms with E-state index in [1.165, 1.54) is 18.2 Å². The monoisotopic (exact) mass is 243 g/mol. The summed E-state index contributed by atoms with van der Waals surface area (Å²) in [5.74, 6) is -0.898. The zero-order chi connectivity index (χ0) is 13.1. The molecule has 0 heterocycles. The largest absolute Gasteiger partial charge is 0.504 e. The topological polar surface area (TPSA) is 69.6 Å². The van der Waals surface area contributed by atoms with Gasteiger partial charge in [-0.3, -0.25) is 4.79 Å². The zero-order valence-electron chi connectivity index (χ0n) is 9.84. The molecule has 4 nitrogen and oxygen atoms in total. The highest BCUT2D eigenvalue weighted by molar-refractivity contribution is 6.04. The molecule has 0 unspecified atom stereocenters. The number of anilines is 1. The van der Waals surface area contributed by atoms with Crippen molar-refractivity contribution < 1.29 is 15.0 Å². The van der Waals surface area contributed by atoms with E-state index < -0.39 is 0 Å². The Balaban J connectivity index is 2.19. The highest BCUT2D eigenvalue weighted by Gasteiger charge is 2.09. The zero-order valence-corrected chi connectivity index (χ0v) is 9.84. The molecule has 0 spiro atoms. The fourth-order valence-electron chi connectivity index (χ4n) is 1.59. The second-order valence-electron chi connectivity index (χ2n) is 4.03. The lowest BCUT2D eigenvalue weighted by molar-refractivity contribution is 0.102. The van der Waals surface area contributed by atoms with Crippen molar-refractivity contribution in [3.8, 4) is 11.5 Å². The Morgan fingerprint density at radius 3 is 2.50 bits per heavy atom. The van der Waals surface area contributed by atoms with Gasteiger partial charge < -0.3 is 15.5 Å². The first-order valence-corrected chi connectivity index (χ1v) is 5.46. The van der Waals surface area contributed by atoms with Crippen molar-refractivity contribution in [3.63, 3.8) is 0 Å². The first kappa shape index (κ1) is 12.0. The summed E-state index contributed by atoms with van der Waals surface area (Å²) < 4.78 is 0. The van der Waals surface area contributed by atoms with Crippen LogP contribution in [0.3, 0.4) is 0 Å². The third-order valence-corrected chi connectivity index (χ3v) is 2.51. The molecule has 0 bridgehead atoms. The Morgan fingerprint density at radius 2 is 1.83 bits per heavy atom. The molecule has 92 valence electrons. The van der Waals surface area contributed by atoms with Crippen LogP contribution in [-0.4, -0.2) is 16.1 Å². The lowest BCUT2D eigenvalue weighted by Gasteiger charge is -2.06. The number of phenols is 2. The number of amides is 1. The maximum atomic E-state index is 11.9. The normalized spacial score (nSPS) is 10.1. The van der Waals surface area contributed by atoms with Crippen molar-refractivity contribution in [2.24, 2.45) is 0 Å². The summed E-state index contributed by atoms with van der Waals surface area (Å²) in [6, 6.07) is 11.4. The predicted molar refractivity (Wildman–Crippen MR) is 68.9 cm³/mol. The second kappa shape index (κ2) is 4.79. The molecule has 18 heavy (non-hydrogen) atoms. The third-order valence-electron chi connectivity index (χ3n) is 2.51. The van der Waals surface area contributed by atoms with E-state index in [0.717, 1.165) is 5.56 Å². The molecule has 2 rings (SSSR count). The van der Waals surface area contributed by atoms with Gasteiger partial charge in [-0.25, -0.2) is 0 Å².